The number of nitrogens with one attached hydrogen (secondary N) is 1. The van der Waals surface area contributed by atoms with Crippen LogP contribution in [-0.2, 0) is 26.7 Å². The molecule has 0 spiro atoms. The molecule has 0 saturated carbocycles. The molecular weight excluding hydrogens is 395 g/mol. The van der Waals surface area contributed by atoms with Crippen molar-refractivity contribution in [3.8, 4) is 0 Å². The van der Waals surface area contributed by atoms with Crippen LogP contribution in [-0.4, -0.2) is 63.3 Å². The molecule has 0 radical (unpaired) electrons. The lowest BCUT2D eigenvalue weighted by molar-refractivity contribution is -0.138. The van der Waals surface area contributed by atoms with Crippen LogP contribution in [0.15, 0.2) is 24.3 Å². The zero-order chi connectivity index (χ0) is 18.7. The molecule has 0 aromatic heterocycles. The molecule has 1 N–H and O–H groups in total. The summed E-state index contributed by atoms with van der Waals surface area (Å²) < 4.78 is 64.6. The van der Waals surface area contributed by atoms with Gasteiger partial charge in [-0.2, -0.15) is 17.5 Å². The van der Waals surface area contributed by atoms with E-state index in [0.29, 0.717) is 26.2 Å². The predicted octanol–water partition coefficient (Wildman–Crippen LogP) is 1.32. The highest BCUT2D eigenvalue weighted by molar-refractivity contribution is 7.88. The minimum atomic E-state index is -4.64. The number of nitrogens with zero attached hydrogens (tertiary/aromatic N) is 2. The number of piperazine rings is 1. The number of carbonyl (C=O) groups excluding carboxylic acids is 1. The second-order valence-electron chi connectivity index (χ2n) is 5.80. The Morgan fingerprint density at radius 3 is 2.38 bits per heavy atom. The predicted molar refractivity (Wildman–Crippen MR) is 93.4 cm³/mol. The number of rotatable bonds is 5. The van der Waals surface area contributed by atoms with Crippen molar-refractivity contribution in [2.24, 2.45) is 0 Å². The Morgan fingerprint density at radius 2 is 1.81 bits per heavy atom. The highest BCUT2D eigenvalue weighted by Gasteiger charge is 2.35. The van der Waals surface area contributed by atoms with E-state index in [-0.39, 0.29) is 23.9 Å². The molecule has 26 heavy (non-hydrogen) atoms. The van der Waals surface area contributed by atoms with Crippen LogP contribution < -0.4 is 5.32 Å². The van der Waals surface area contributed by atoms with Gasteiger partial charge >= 0.3 is 6.18 Å². The van der Waals surface area contributed by atoms with Crippen molar-refractivity contribution in [2.45, 2.75) is 11.9 Å². The van der Waals surface area contributed by atoms with Gasteiger partial charge in [0.1, 0.15) is 0 Å². The first-order valence-corrected chi connectivity index (χ1v) is 9.30. The highest BCUT2D eigenvalue weighted by atomic mass is 35.5. The maximum atomic E-state index is 13.0. The third-order valence-electron chi connectivity index (χ3n) is 3.96. The van der Waals surface area contributed by atoms with Crippen LogP contribution in [0.5, 0.6) is 0 Å². The van der Waals surface area contributed by atoms with Gasteiger partial charge in [0, 0.05) is 33.2 Å². The molecule has 1 aliphatic rings. The van der Waals surface area contributed by atoms with E-state index in [0.717, 1.165) is 16.4 Å². The Kier molecular flexibility index (Phi) is 7.87. The standard InChI is InChI=1S/C15H20F3N3O3S.ClH/c1-20(10-14(22)21-8-6-19-7-9-21)25(23,24)11-12-4-2-3-5-13(12)15(16,17)18;/h2-5,19H,6-11H2,1H3;1H. The molecule has 1 saturated heterocycles. The van der Waals surface area contributed by atoms with Crippen LogP contribution in [0.4, 0.5) is 13.2 Å². The van der Waals surface area contributed by atoms with Gasteiger partial charge in [0.25, 0.3) is 0 Å². The Morgan fingerprint density at radius 1 is 1.23 bits per heavy atom. The summed E-state index contributed by atoms with van der Waals surface area (Å²) in [7, 11) is -2.86. The van der Waals surface area contributed by atoms with E-state index in [4.69, 9.17) is 0 Å². The van der Waals surface area contributed by atoms with Crippen LogP contribution in [0.2, 0.25) is 0 Å². The molecule has 0 bridgehead atoms. The zero-order valence-corrected chi connectivity index (χ0v) is 15.8. The normalized spacial score (nSPS) is 15.7. The lowest BCUT2D eigenvalue weighted by atomic mass is 10.1. The molecule has 1 amide bonds. The van der Waals surface area contributed by atoms with Crippen LogP contribution in [0.1, 0.15) is 11.1 Å². The molecule has 6 nitrogen and oxygen atoms in total. The molecule has 0 atom stereocenters. The van der Waals surface area contributed by atoms with E-state index >= 15 is 0 Å². The molecule has 2 rings (SSSR count). The van der Waals surface area contributed by atoms with E-state index in [2.05, 4.69) is 5.32 Å². The van der Waals surface area contributed by atoms with Crippen molar-refractivity contribution in [1.29, 1.82) is 0 Å². The number of alkyl halides is 3. The van der Waals surface area contributed by atoms with Crippen molar-refractivity contribution in [2.75, 3.05) is 39.8 Å². The average Bonchev–Trinajstić information content (AvgIpc) is 2.54. The van der Waals surface area contributed by atoms with Crippen molar-refractivity contribution in [3.63, 3.8) is 0 Å². The molecule has 11 heteroatoms. The Hall–Kier alpha value is -1.36. The summed E-state index contributed by atoms with van der Waals surface area (Å²) in [6.45, 7) is 1.81. The second-order valence-corrected chi connectivity index (χ2v) is 7.87. The largest absolute Gasteiger partial charge is 0.416 e. The first-order chi connectivity index (χ1) is 11.6. The summed E-state index contributed by atoms with van der Waals surface area (Å²) in [5.41, 5.74) is -1.32. The number of carbonyl (C=O) groups is 1. The van der Waals surface area contributed by atoms with Gasteiger partial charge in [-0.3, -0.25) is 4.79 Å². The lowest BCUT2D eigenvalue weighted by Gasteiger charge is -2.29. The number of amides is 1. The van der Waals surface area contributed by atoms with Gasteiger partial charge in [0.15, 0.2) is 0 Å². The van der Waals surface area contributed by atoms with E-state index in [1.54, 1.807) is 0 Å². The topological polar surface area (TPSA) is 69.7 Å². The van der Waals surface area contributed by atoms with Gasteiger partial charge in [-0.1, -0.05) is 18.2 Å². The van der Waals surface area contributed by atoms with E-state index in [1.165, 1.54) is 24.1 Å². The average molecular weight is 416 g/mol. The minimum Gasteiger partial charge on any atom is -0.339 e. The minimum absolute atomic E-state index is 0. The monoisotopic (exact) mass is 415 g/mol. The number of halogens is 4. The van der Waals surface area contributed by atoms with Gasteiger partial charge in [-0.05, 0) is 11.6 Å². The lowest BCUT2D eigenvalue weighted by Crippen LogP contribution is -2.49. The number of sulfonamides is 1. The molecule has 0 unspecified atom stereocenters. The van der Waals surface area contributed by atoms with Crippen molar-refractivity contribution >= 4 is 28.3 Å². The summed E-state index contributed by atoms with van der Waals surface area (Å²) in [5, 5.41) is 3.07. The second kappa shape index (κ2) is 9.03. The first-order valence-electron chi connectivity index (χ1n) is 7.69. The van der Waals surface area contributed by atoms with Crippen molar-refractivity contribution in [3.05, 3.63) is 35.4 Å². The van der Waals surface area contributed by atoms with Crippen LogP contribution in [0, 0.1) is 0 Å². The fourth-order valence-corrected chi connectivity index (χ4v) is 3.70. The summed E-state index contributed by atoms with van der Waals surface area (Å²) in [5.74, 6) is -1.18. The van der Waals surface area contributed by atoms with E-state index in [9.17, 15) is 26.4 Å². The van der Waals surface area contributed by atoms with E-state index < -0.39 is 34.1 Å². The molecule has 148 valence electrons. The summed E-state index contributed by atoms with van der Waals surface area (Å²) in [6, 6.07) is 4.53. The Bertz CT molecular complexity index is 722. The van der Waals surface area contributed by atoms with Crippen molar-refractivity contribution in [1.82, 2.24) is 14.5 Å². The SMILES string of the molecule is CN(CC(=O)N1CCNCC1)S(=O)(=O)Cc1ccccc1C(F)(F)F.Cl. The van der Waals surface area contributed by atoms with Crippen molar-refractivity contribution < 1.29 is 26.4 Å². The molecular formula is C15H21ClF3N3O3S. The fraction of sp³-hybridized carbons (Fsp3) is 0.533. The molecule has 1 aromatic carbocycles. The van der Waals surface area contributed by atoms with Gasteiger partial charge < -0.3 is 10.2 Å². The van der Waals surface area contributed by atoms with Gasteiger partial charge in [-0.25, -0.2) is 8.42 Å². The maximum Gasteiger partial charge on any atom is 0.416 e. The number of hydrogen-bond donors (Lipinski definition) is 1. The molecule has 1 heterocycles. The highest BCUT2D eigenvalue weighted by Crippen LogP contribution is 2.32. The Balaban J connectivity index is 0.00000338. The summed E-state index contributed by atoms with van der Waals surface area (Å²) in [6.07, 6.45) is -4.64. The molecule has 0 aliphatic carbocycles. The van der Waals surface area contributed by atoms with Crippen LogP contribution in [0.25, 0.3) is 0 Å². The van der Waals surface area contributed by atoms with Crippen LogP contribution >= 0.6 is 12.4 Å². The van der Waals surface area contributed by atoms with E-state index in [1.807, 2.05) is 0 Å². The third kappa shape index (κ3) is 5.83. The summed E-state index contributed by atoms with van der Waals surface area (Å²) in [4.78, 5) is 13.7. The van der Waals surface area contributed by atoms with Gasteiger partial charge in [0.2, 0.25) is 15.9 Å². The number of benzene rings is 1. The van der Waals surface area contributed by atoms with Gasteiger partial charge in [0.05, 0.1) is 17.9 Å². The maximum absolute atomic E-state index is 13.0. The molecule has 1 fully saturated rings. The third-order valence-corrected chi connectivity index (χ3v) is 5.72. The quantitative estimate of drug-likeness (QED) is 0.787. The van der Waals surface area contributed by atoms with Crippen LogP contribution in [0.3, 0.4) is 0 Å². The molecule has 1 aliphatic heterocycles. The zero-order valence-electron chi connectivity index (χ0n) is 14.1. The fourth-order valence-electron chi connectivity index (χ4n) is 2.53. The number of hydrogen-bond acceptors (Lipinski definition) is 4. The summed E-state index contributed by atoms with van der Waals surface area (Å²) >= 11 is 0. The smallest absolute Gasteiger partial charge is 0.339 e. The molecule has 1 aromatic rings. The Labute approximate surface area is 156 Å². The first kappa shape index (κ1) is 22.7. The van der Waals surface area contributed by atoms with Gasteiger partial charge in [-0.15, -0.1) is 12.4 Å². The number of likely N-dealkylation sites (N-methyl/N-ethyl adjacent to an activating group) is 1.